The van der Waals surface area contributed by atoms with E-state index in [0.29, 0.717) is 0 Å². The fraction of sp³-hybridized carbons (Fsp3) is 0.0423. The lowest BCUT2D eigenvalue weighted by molar-refractivity contribution is 0.748. The van der Waals surface area contributed by atoms with Gasteiger partial charge >= 0.3 is 0 Å². The van der Waals surface area contributed by atoms with Gasteiger partial charge in [-0.1, -0.05) is 237 Å². The highest BCUT2D eigenvalue weighted by Gasteiger charge is 2.47. The fourth-order valence-electron chi connectivity index (χ4n) is 12.3. The molecule has 2 nitrogen and oxygen atoms in total. The molecule has 0 spiro atoms. The summed E-state index contributed by atoms with van der Waals surface area (Å²) in [5.74, 6) is 0. The molecular weight excluding hydrogens is 881 g/mol. The molecule has 0 saturated carbocycles. The van der Waals surface area contributed by atoms with Gasteiger partial charge in [-0.05, 0) is 122 Å². The topological polar surface area (TPSA) is 8.17 Å². The summed E-state index contributed by atoms with van der Waals surface area (Å²) in [5, 5.41) is 7.29. The molecule has 1 aliphatic rings. The van der Waals surface area contributed by atoms with E-state index in [-0.39, 0.29) is 0 Å². The van der Waals surface area contributed by atoms with Crippen LogP contribution in [0.25, 0.3) is 71.3 Å². The highest BCUT2D eigenvalue weighted by molar-refractivity contribution is 6.19. The van der Waals surface area contributed by atoms with E-state index in [2.05, 4.69) is 289 Å². The van der Waals surface area contributed by atoms with Crippen molar-refractivity contribution in [3.05, 3.63) is 312 Å². The van der Waals surface area contributed by atoms with Gasteiger partial charge in [0.15, 0.2) is 0 Å². The molecule has 12 aromatic carbocycles. The van der Waals surface area contributed by atoms with Gasteiger partial charge in [0.1, 0.15) is 0 Å². The molecular formula is C71H50N2. The zero-order valence-corrected chi connectivity index (χ0v) is 40.4. The molecule has 1 aliphatic carbocycles. The number of hydrogen-bond acceptors (Lipinski definition) is 1. The number of benzene rings is 12. The summed E-state index contributed by atoms with van der Waals surface area (Å²) in [5.41, 5.74) is 19.0. The molecule has 14 rings (SSSR count). The summed E-state index contributed by atoms with van der Waals surface area (Å²) < 4.78 is 2.51. The molecule has 2 heteroatoms. The molecule has 0 fully saturated rings. The van der Waals surface area contributed by atoms with Gasteiger partial charge < -0.3 is 9.47 Å². The normalized spacial score (nSPS) is 13.9. The van der Waals surface area contributed by atoms with E-state index in [4.69, 9.17) is 0 Å². The van der Waals surface area contributed by atoms with Crippen LogP contribution >= 0.6 is 0 Å². The Labute approximate surface area is 426 Å². The molecule has 0 amide bonds. The summed E-state index contributed by atoms with van der Waals surface area (Å²) in [4.78, 5) is 2.52. The number of rotatable bonds is 10. The van der Waals surface area contributed by atoms with Crippen LogP contribution in [0, 0.1) is 0 Å². The Balaban J connectivity index is 1.04. The second-order valence-electron chi connectivity index (χ2n) is 19.5. The highest BCUT2D eigenvalue weighted by Crippen LogP contribution is 2.58. The summed E-state index contributed by atoms with van der Waals surface area (Å²) in [7, 11) is 0. The van der Waals surface area contributed by atoms with E-state index in [1.165, 1.54) is 93.5 Å². The molecule has 0 saturated heterocycles. The largest absolute Gasteiger partial charge is 0.310 e. The van der Waals surface area contributed by atoms with Crippen molar-refractivity contribution in [2.24, 2.45) is 0 Å². The Kier molecular flexibility index (Phi) is 10.3. The Morgan fingerprint density at radius 2 is 0.959 bits per heavy atom. The molecule has 1 unspecified atom stereocenters. The third-order valence-electron chi connectivity index (χ3n) is 15.6. The zero-order chi connectivity index (χ0) is 48.3. The molecule has 344 valence electrons. The average molecular weight is 931 g/mol. The summed E-state index contributed by atoms with van der Waals surface area (Å²) in [6.45, 7) is 0. The van der Waals surface area contributed by atoms with Crippen LogP contribution in [0.5, 0.6) is 0 Å². The first-order valence-corrected chi connectivity index (χ1v) is 25.5. The lowest BCUT2D eigenvalue weighted by Crippen LogP contribution is -2.30. The first-order valence-electron chi connectivity index (χ1n) is 25.5. The van der Waals surface area contributed by atoms with Crippen LogP contribution in [0.4, 0.5) is 17.1 Å². The third-order valence-corrected chi connectivity index (χ3v) is 15.6. The van der Waals surface area contributed by atoms with Gasteiger partial charge in [-0.25, -0.2) is 0 Å². The predicted octanol–water partition coefficient (Wildman–Crippen LogP) is 18.4. The zero-order valence-electron chi connectivity index (χ0n) is 40.4. The van der Waals surface area contributed by atoms with E-state index in [1.807, 2.05) is 0 Å². The first kappa shape index (κ1) is 42.6. The van der Waals surface area contributed by atoms with Crippen LogP contribution in [0.15, 0.2) is 279 Å². The molecule has 0 N–H and O–H groups in total. The van der Waals surface area contributed by atoms with Gasteiger partial charge in [0.25, 0.3) is 0 Å². The summed E-state index contributed by atoms with van der Waals surface area (Å²) >= 11 is 0. The number of fused-ring (bicyclic) bond motifs is 9. The Morgan fingerprint density at radius 3 is 1.79 bits per heavy atom. The van der Waals surface area contributed by atoms with Gasteiger partial charge in [0.2, 0.25) is 0 Å². The minimum Gasteiger partial charge on any atom is -0.310 e. The SMILES string of the molecule is c1ccc(CCc2ccccc2C2(c3ccccc3)c3ccccc3-c3ccc(N(c4ccc5c6ccc7ccccc7c6n(-c6cccc(-c7ccccc7)c6)c5c4)c4cccc5ccccc45)cc32)cc1. The average Bonchev–Trinajstić information content (AvgIpc) is 3.97. The van der Waals surface area contributed by atoms with Crippen molar-refractivity contribution in [2.45, 2.75) is 18.3 Å². The monoisotopic (exact) mass is 930 g/mol. The van der Waals surface area contributed by atoms with E-state index in [0.717, 1.165) is 41.1 Å². The number of aromatic nitrogens is 1. The summed E-state index contributed by atoms with van der Waals surface area (Å²) in [6, 6.07) is 104. The van der Waals surface area contributed by atoms with Crippen LogP contribution in [0.3, 0.4) is 0 Å². The van der Waals surface area contributed by atoms with Crippen LogP contribution in [-0.4, -0.2) is 4.57 Å². The summed E-state index contributed by atoms with van der Waals surface area (Å²) in [6.07, 6.45) is 1.88. The Hall–Kier alpha value is -9.24. The van der Waals surface area contributed by atoms with Crippen LogP contribution < -0.4 is 4.90 Å². The smallest absolute Gasteiger partial charge is 0.0716 e. The fourth-order valence-corrected chi connectivity index (χ4v) is 12.3. The van der Waals surface area contributed by atoms with Gasteiger partial charge in [0, 0.05) is 38.6 Å². The lowest BCUT2D eigenvalue weighted by Gasteiger charge is -2.36. The van der Waals surface area contributed by atoms with E-state index in [9.17, 15) is 0 Å². The van der Waals surface area contributed by atoms with E-state index >= 15 is 0 Å². The van der Waals surface area contributed by atoms with Gasteiger partial charge in [-0.15, -0.1) is 0 Å². The molecule has 1 atom stereocenters. The van der Waals surface area contributed by atoms with Crippen molar-refractivity contribution >= 4 is 60.4 Å². The van der Waals surface area contributed by atoms with Crippen molar-refractivity contribution in [1.29, 1.82) is 0 Å². The van der Waals surface area contributed by atoms with Crippen LogP contribution in [0.1, 0.15) is 33.4 Å². The van der Waals surface area contributed by atoms with Crippen molar-refractivity contribution in [1.82, 2.24) is 4.57 Å². The third kappa shape index (κ3) is 6.94. The second-order valence-corrected chi connectivity index (χ2v) is 19.5. The second kappa shape index (κ2) is 17.6. The Bertz CT molecular complexity index is 4200. The van der Waals surface area contributed by atoms with Gasteiger partial charge in [-0.3, -0.25) is 0 Å². The van der Waals surface area contributed by atoms with Crippen molar-refractivity contribution in [3.8, 4) is 27.9 Å². The van der Waals surface area contributed by atoms with E-state index in [1.54, 1.807) is 0 Å². The van der Waals surface area contributed by atoms with Crippen molar-refractivity contribution in [2.75, 3.05) is 4.90 Å². The predicted molar refractivity (Wildman–Crippen MR) is 307 cm³/mol. The van der Waals surface area contributed by atoms with Crippen LogP contribution in [-0.2, 0) is 18.3 Å². The minimum absolute atomic E-state index is 0.595. The molecule has 13 aromatic rings. The molecule has 1 heterocycles. The maximum Gasteiger partial charge on any atom is 0.0716 e. The number of hydrogen-bond donors (Lipinski definition) is 0. The highest BCUT2D eigenvalue weighted by atomic mass is 15.1. The first-order chi connectivity index (χ1) is 36.2. The molecule has 0 bridgehead atoms. The lowest BCUT2D eigenvalue weighted by atomic mass is 9.66. The standard InChI is InChI=1S/C71H50N2/c1-4-20-49(21-5-1)38-39-53-26-12-16-35-65(53)71(55-29-8-3-9-30-55)66-36-17-15-34-61(66)62-44-41-57(47-67(62)71)72(68-37-19-27-51-24-10-13-32-59(51)68)58-42-45-63-64-43-40-52-25-11-14-33-60(52)70(64)73(69(63)48-58)56-31-18-28-54(46-56)50-22-6-2-7-23-50/h1-37,40-48H,38-39H2. The quantitative estimate of drug-likeness (QED) is 0.133. The van der Waals surface area contributed by atoms with Crippen LogP contribution in [0.2, 0.25) is 0 Å². The Morgan fingerprint density at radius 1 is 0.356 bits per heavy atom. The number of anilines is 3. The molecule has 0 radical (unpaired) electrons. The van der Waals surface area contributed by atoms with Crippen molar-refractivity contribution < 1.29 is 0 Å². The number of aryl methyl sites for hydroxylation is 2. The number of nitrogens with zero attached hydrogens (tertiary/aromatic N) is 2. The molecule has 1 aromatic heterocycles. The van der Waals surface area contributed by atoms with E-state index < -0.39 is 5.41 Å². The maximum atomic E-state index is 2.52. The van der Waals surface area contributed by atoms with Gasteiger partial charge in [0.05, 0.1) is 22.1 Å². The maximum absolute atomic E-state index is 2.52. The molecule has 0 aliphatic heterocycles. The van der Waals surface area contributed by atoms with Crippen molar-refractivity contribution in [3.63, 3.8) is 0 Å². The molecule has 73 heavy (non-hydrogen) atoms. The van der Waals surface area contributed by atoms with Gasteiger partial charge in [-0.2, -0.15) is 0 Å². The minimum atomic E-state index is -0.595.